The zero-order valence-corrected chi connectivity index (χ0v) is 8.21. The van der Waals surface area contributed by atoms with Crippen LogP contribution in [0.3, 0.4) is 0 Å². The summed E-state index contributed by atoms with van der Waals surface area (Å²) in [5.74, 6) is 0. The molecule has 0 aliphatic rings. The molecule has 0 spiro atoms. The molecule has 0 saturated carbocycles. The fourth-order valence-corrected chi connectivity index (χ4v) is 1.26. The predicted octanol–water partition coefficient (Wildman–Crippen LogP) is 2.00. The first kappa shape index (κ1) is 8.52. The number of nitrogen functional groups attached to an aromatic ring is 1. The fourth-order valence-electron chi connectivity index (χ4n) is 0.786. The minimum atomic E-state index is 0.739. The van der Waals surface area contributed by atoms with Gasteiger partial charge in [-0.25, -0.2) is 4.98 Å². The van der Waals surface area contributed by atoms with Crippen molar-refractivity contribution >= 4 is 28.3 Å². The lowest BCUT2D eigenvalue weighted by Gasteiger charge is -2.00. The van der Waals surface area contributed by atoms with Crippen LogP contribution in [0.1, 0.15) is 5.69 Å². The Morgan fingerprint density at radius 1 is 1.64 bits per heavy atom. The van der Waals surface area contributed by atoms with Gasteiger partial charge in [0.15, 0.2) is 0 Å². The van der Waals surface area contributed by atoms with Gasteiger partial charge in [0.05, 0.1) is 11.4 Å². The van der Waals surface area contributed by atoms with E-state index in [9.17, 15) is 0 Å². The van der Waals surface area contributed by atoms with E-state index in [0.29, 0.717) is 0 Å². The molecular formula is C8H9IN2. The van der Waals surface area contributed by atoms with E-state index in [1.807, 2.05) is 12.1 Å². The van der Waals surface area contributed by atoms with Gasteiger partial charge in [-0.1, -0.05) is 6.08 Å². The number of nitrogens with zero attached hydrogens (tertiary/aromatic N) is 1. The molecule has 0 radical (unpaired) electrons. The summed E-state index contributed by atoms with van der Waals surface area (Å²) in [6.45, 7) is 3.63. The van der Waals surface area contributed by atoms with Crippen LogP contribution in [0.2, 0.25) is 0 Å². The summed E-state index contributed by atoms with van der Waals surface area (Å²) in [6.07, 6.45) is 2.54. The van der Waals surface area contributed by atoms with Crippen LogP contribution in [0.25, 0.3) is 0 Å². The largest absolute Gasteiger partial charge is 0.397 e. The Labute approximate surface area is 79.7 Å². The van der Waals surface area contributed by atoms with Crippen LogP contribution in [-0.4, -0.2) is 4.98 Å². The Bertz CT molecular complexity index is 271. The Balaban J connectivity index is 3.01. The van der Waals surface area contributed by atoms with E-state index in [0.717, 1.165) is 21.5 Å². The SMILES string of the molecule is C=CCc1nc(I)ccc1N. The number of allylic oxidation sites excluding steroid dienone is 1. The number of aromatic nitrogens is 1. The predicted molar refractivity (Wildman–Crippen MR) is 55.3 cm³/mol. The van der Waals surface area contributed by atoms with Crippen LogP contribution in [0.5, 0.6) is 0 Å². The van der Waals surface area contributed by atoms with Crippen LogP contribution in [-0.2, 0) is 6.42 Å². The summed E-state index contributed by atoms with van der Waals surface area (Å²) >= 11 is 2.16. The summed E-state index contributed by atoms with van der Waals surface area (Å²) in [5.41, 5.74) is 7.31. The number of hydrogen-bond donors (Lipinski definition) is 1. The van der Waals surface area contributed by atoms with E-state index in [-0.39, 0.29) is 0 Å². The van der Waals surface area contributed by atoms with E-state index < -0.39 is 0 Å². The number of pyridine rings is 1. The third kappa shape index (κ3) is 2.18. The fraction of sp³-hybridized carbons (Fsp3) is 0.125. The normalized spacial score (nSPS) is 9.55. The Hall–Kier alpha value is -0.580. The number of anilines is 1. The smallest absolute Gasteiger partial charge is 0.101 e. The first-order chi connectivity index (χ1) is 5.24. The Morgan fingerprint density at radius 2 is 2.36 bits per heavy atom. The van der Waals surface area contributed by atoms with Crippen molar-refractivity contribution < 1.29 is 0 Å². The van der Waals surface area contributed by atoms with Gasteiger partial charge in [0.1, 0.15) is 3.70 Å². The van der Waals surface area contributed by atoms with Crippen molar-refractivity contribution in [2.45, 2.75) is 6.42 Å². The maximum Gasteiger partial charge on any atom is 0.101 e. The molecule has 0 bridgehead atoms. The first-order valence-electron chi connectivity index (χ1n) is 3.26. The van der Waals surface area contributed by atoms with Gasteiger partial charge in [-0.05, 0) is 34.7 Å². The molecule has 0 atom stereocenters. The zero-order valence-electron chi connectivity index (χ0n) is 6.05. The summed E-state index contributed by atoms with van der Waals surface area (Å²) in [5, 5.41) is 0. The van der Waals surface area contributed by atoms with E-state index in [1.54, 1.807) is 6.08 Å². The van der Waals surface area contributed by atoms with Crippen LogP contribution in [0, 0.1) is 3.70 Å². The van der Waals surface area contributed by atoms with Gasteiger partial charge in [-0.15, -0.1) is 6.58 Å². The summed E-state index contributed by atoms with van der Waals surface area (Å²) in [6, 6.07) is 3.76. The molecule has 2 N–H and O–H groups in total. The highest BCUT2D eigenvalue weighted by molar-refractivity contribution is 14.1. The van der Waals surface area contributed by atoms with Gasteiger partial charge in [-0.2, -0.15) is 0 Å². The maximum atomic E-state index is 5.66. The maximum absolute atomic E-state index is 5.66. The minimum Gasteiger partial charge on any atom is -0.397 e. The van der Waals surface area contributed by atoms with Crippen molar-refractivity contribution in [1.82, 2.24) is 4.98 Å². The second kappa shape index (κ2) is 3.71. The molecule has 0 saturated heterocycles. The van der Waals surface area contributed by atoms with Crippen LogP contribution in [0.15, 0.2) is 24.8 Å². The molecule has 58 valence electrons. The minimum absolute atomic E-state index is 0.739. The van der Waals surface area contributed by atoms with Crippen LogP contribution < -0.4 is 5.73 Å². The molecule has 0 amide bonds. The second-order valence-electron chi connectivity index (χ2n) is 2.16. The van der Waals surface area contributed by atoms with E-state index in [4.69, 9.17) is 5.73 Å². The molecule has 0 fully saturated rings. The van der Waals surface area contributed by atoms with Crippen molar-refractivity contribution in [3.63, 3.8) is 0 Å². The summed E-state index contributed by atoms with van der Waals surface area (Å²) in [7, 11) is 0. The summed E-state index contributed by atoms with van der Waals surface area (Å²) in [4.78, 5) is 4.25. The van der Waals surface area contributed by atoms with Crippen molar-refractivity contribution in [2.75, 3.05) is 5.73 Å². The molecular weight excluding hydrogens is 251 g/mol. The zero-order chi connectivity index (χ0) is 8.27. The van der Waals surface area contributed by atoms with Gasteiger partial charge in [0.25, 0.3) is 0 Å². The molecule has 1 aromatic heterocycles. The molecule has 0 unspecified atom stereocenters. The molecule has 0 aliphatic carbocycles. The first-order valence-corrected chi connectivity index (χ1v) is 4.33. The number of hydrogen-bond acceptors (Lipinski definition) is 2. The average Bonchev–Trinajstić information content (AvgIpc) is 1.98. The van der Waals surface area contributed by atoms with Crippen LogP contribution >= 0.6 is 22.6 Å². The molecule has 0 aliphatic heterocycles. The quantitative estimate of drug-likeness (QED) is 0.501. The standard InChI is InChI=1S/C8H9IN2/c1-2-3-7-6(10)4-5-8(9)11-7/h2,4-5H,1,3,10H2. The molecule has 1 aromatic rings. The van der Waals surface area contributed by atoms with Crippen molar-refractivity contribution in [3.8, 4) is 0 Å². The van der Waals surface area contributed by atoms with Crippen LogP contribution in [0.4, 0.5) is 5.69 Å². The van der Waals surface area contributed by atoms with Crippen molar-refractivity contribution in [2.24, 2.45) is 0 Å². The molecule has 3 heteroatoms. The van der Waals surface area contributed by atoms with Crippen molar-refractivity contribution in [1.29, 1.82) is 0 Å². The number of halogens is 1. The third-order valence-corrected chi connectivity index (χ3v) is 1.91. The van der Waals surface area contributed by atoms with Gasteiger partial charge < -0.3 is 5.73 Å². The molecule has 1 heterocycles. The second-order valence-corrected chi connectivity index (χ2v) is 3.27. The lowest BCUT2D eigenvalue weighted by molar-refractivity contribution is 1.09. The Kier molecular flexibility index (Phi) is 2.87. The molecule has 11 heavy (non-hydrogen) atoms. The van der Waals surface area contributed by atoms with Gasteiger partial charge >= 0.3 is 0 Å². The van der Waals surface area contributed by atoms with Gasteiger partial charge in [0, 0.05) is 6.42 Å². The van der Waals surface area contributed by atoms with E-state index in [2.05, 4.69) is 34.2 Å². The summed E-state index contributed by atoms with van der Waals surface area (Å²) < 4.78 is 0.966. The van der Waals surface area contributed by atoms with E-state index >= 15 is 0 Å². The topological polar surface area (TPSA) is 38.9 Å². The third-order valence-electron chi connectivity index (χ3n) is 1.31. The lowest BCUT2D eigenvalue weighted by atomic mass is 10.2. The molecule has 0 aromatic carbocycles. The molecule has 1 rings (SSSR count). The lowest BCUT2D eigenvalue weighted by Crippen LogP contribution is -1.97. The highest BCUT2D eigenvalue weighted by Crippen LogP contribution is 2.11. The number of nitrogens with two attached hydrogens (primary N) is 1. The monoisotopic (exact) mass is 260 g/mol. The number of rotatable bonds is 2. The van der Waals surface area contributed by atoms with Gasteiger partial charge in [0.2, 0.25) is 0 Å². The molecule has 2 nitrogen and oxygen atoms in total. The van der Waals surface area contributed by atoms with Crippen molar-refractivity contribution in [3.05, 3.63) is 34.2 Å². The van der Waals surface area contributed by atoms with Gasteiger partial charge in [-0.3, -0.25) is 0 Å². The highest BCUT2D eigenvalue weighted by atomic mass is 127. The highest BCUT2D eigenvalue weighted by Gasteiger charge is 1.98. The van der Waals surface area contributed by atoms with E-state index in [1.165, 1.54) is 0 Å². The Morgan fingerprint density at radius 3 is 3.00 bits per heavy atom. The average molecular weight is 260 g/mol.